The molecule has 1 aromatic heterocycles. The van der Waals surface area contributed by atoms with Crippen LogP contribution in [0.1, 0.15) is 5.56 Å². The molecule has 0 radical (unpaired) electrons. The molecule has 0 aliphatic heterocycles. The van der Waals surface area contributed by atoms with Crippen LogP contribution in [0, 0.1) is 0 Å². The molecule has 0 saturated heterocycles. The smallest absolute Gasteiger partial charge is 0.263 e. The minimum atomic E-state index is -3.62. The topological polar surface area (TPSA) is 59.1 Å². The van der Waals surface area contributed by atoms with Crippen LogP contribution in [0.4, 0.5) is 5.82 Å². The number of aromatic nitrogens is 1. The van der Waals surface area contributed by atoms with Crippen LogP contribution in [0.25, 0.3) is 0 Å². The van der Waals surface area contributed by atoms with Crippen LogP contribution in [0.15, 0.2) is 47.5 Å². The number of pyridine rings is 1. The molecule has 1 N–H and O–H groups in total. The van der Waals surface area contributed by atoms with Crippen LogP contribution in [-0.4, -0.2) is 13.4 Å². The summed E-state index contributed by atoms with van der Waals surface area (Å²) in [5.74, 6) is 0.231. The fourth-order valence-corrected chi connectivity index (χ4v) is 2.88. The van der Waals surface area contributed by atoms with Crippen LogP contribution in [0.3, 0.4) is 0 Å². The van der Waals surface area contributed by atoms with Gasteiger partial charge in [0.05, 0.1) is 9.92 Å². The first-order chi connectivity index (χ1) is 9.01. The molecule has 1 heterocycles. The van der Waals surface area contributed by atoms with Crippen molar-refractivity contribution in [2.24, 2.45) is 0 Å². The summed E-state index contributed by atoms with van der Waals surface area (Å²) >= 11 is 8.99. The lowest BCUT2D eigenvalue weighted by Gasteiger charge is -2.07. The lowest BCUT2D eigenvalue weighted by molar-refractivity contribution is 0.601. The predicted molar refractivity (Wildman–Crippen MR) is 79.1 cm³/mol. The Bertz CT molecular complexity index is 657. The zero-order chi connectivity index (χ0) is 13.9. The van der Waals surface area contributed by atoms with E-state index in [1.165, 1.54) is 12.3 Å². The number of sulfonamides is 1. The van der Waals surface area contributed by atoms with Crippen LogP contribution < -0.4 is 4.72 Å². The maximum absolute atomic E-state index is 12.1. The molecule has 7 heteroatoms. The molecule has 0 aliphatic rings. The molecule has 0 atom stereocenters. The number of benzene rings is 1. The van der Waals surface area contributed by atoms with Gasteiger partial charge in [-0.05, 0) is 29.8 Å². The van der Waals surface area contributed by atoms with Crippen molar-refractivity contribution in [2.75, 3.05) is 4.72 Å². The average molecular weight is 362 g/mol. The van der Waals surface area contributed by atoms with Gasteiger partial charge < -0.3 is 0 Å². The lowest BCUT2D eigenvalue weighted by Crippen LogP contribution is -2.13. The number of nitrogens with one attached hydrogen (secondary N) is 1. The van der Waals surface area contributed by atoms with Gasteiger partial charge in [-0.15, -0.1) is 0 Å². The standard InChI is InChI=1S/C12H10BrClN2O2S/c13-7-9-1-4-11(5-2-9)19(17,18)16-12-6-3-10(14)8-15-12/h1-6,8H,7H2,(H,15,16). The van der Waals surface area contributed by atoms with E-state index in [9.17, 15) is 8.42 Å². The quantitative estimate of drug-likeness (QED) is 0.849. The number of hydrogen-bond acceptors (Lipinski definition) is 3. The first-order valence-corrected chi connectivity index (χ1v) is 8.29. The molecule has 4 nitrogen and oxygen atoms in total. The normalized spacial score (nSPS) is 11.3. The van der Waals surface area contributed by atoms with Gasteiger partial charge in [-0.25, -0.2) is 13.4 Å². The zero-order valence-electron chi connectivity index (χ0n) is 9.68. The monoisotopic (exact) mass is 360 g/mol. The third-order valence-electron chi connectivity index (χ3n) is 2.35. The Labute approximate surface area is 125 Å². The van der Waals surface area contributed by atoms with E-state index in [1.54, 1.807) is 30.3 Å². The Morgan fingerprint density at radius 1 is 1.16 bits per heavy atom. The van der Waals surface area contributed by atoms with Crippen molar-refractivity contribution in [1.29, 1.82) is 0 Å². The summed E-state index contributed by atoms with van der Waals surface area (Å²) in [6, 6.07) is 9.67. The van der Waals surface area contributed by atoms with Gasteiger partial charge in [0.1, 0.15) is 5.82 Å². The highest BCUT2D eigenvalue weighted by Crippen LogP contribution is 2.17. The Kier molecular flexibility index (Phi) is 4.44. The SMILES string of the molecule is O=S(=O)(Nc1ccc(Cl)cn1)c1ccc(CBr)cc1. The highest BCUT2D eigenvalue weighted by Gasteiger charge is 2.14. The maximum atomic E-state index is 12.1. The number of alkyl halides is 1. The van der Waals surface area contributed by atoms with Crippen LogP contribution in [-0.2, 0) is 15.4 Å². The molecule has 1 aromatic carbocycles. The maximum Gasteiger partial charge on any atom is 0.263 e. The van der Waals surface area contributed by atoms with Gasteiger partial charge in [0.15, 0.2) is 0 Å². The summed E-state index contributed by atoms with van der Waals surface area (Å²) in [5.41, 5.74) is 1.00. The molecule has 2 rings (SSSR count). The van der Waals surface area contributed by atoms with Crippen LogP contribution in [0.5, 0.6) is 0 Å². The van der Waals surface area contributed by atoms with Gasteiger partial charge in [-0.3, -0.25) is 4.72 Å². The van der Waals surface area contributed by atoms with E-state index in [1.807, 2.05) is 0 Å². The summed E-state index contributed by atoms with van der Waals surface area (Å²) < 4.78 is 26.6. The fourth-order valence-electron chi connectivity index (χ4n) is 1.39. The third kappa shape index (κ3) is 3.68. The van der Waals surface area contributed by atoms with Gasteiger partial charge in [-0.2, -0.15) is 0 Å². The number of anilines is 1. The minimum absolute atomic E-state index is 0.189. The number of nitrogens with zero attached hydrogens (tertiary/aromatic N) is 1. The van der Waals surface area contributed by atoms with E-state index < -0.39 is 10.0 Å². The summed E-state index contributed by atoms with van der Waals surface area (Å²) in [5, 5.41) is 1.13. The third-order valence-corrected chi connectivity index (χ3v) is 4.60. The molecule has 0 bridgehead atoms. The highest BCUT2D eigenvalue weighted by molar-refractivity contribution is 9.08. The molecule has 0 spiro atoms. The van der Waals surface area contributed by atoms with Crippen LogP contribution in [0.2, 0.25) is 5.02 Å². The van der Waals surface area contributed by atoms with E-state index in [0.717, 1.165) is 5.56 Å². The molecule has 0 aliphatic carbocycles. The summed E-state index contributed by atoms with van der Waals surface area (Å²) in [6.45, 7) is 0. The van der Waals surface area contributed by atoms with E-state index >= 15 is 0 Å². The van der Waals surface area contributed by atoms with E-state index in [2.05, 4.69) is 25.6 Å². The van der Waals surface area contributed by atoms with Gasteiger partial charge in [0.2, 0.25) is 0 Å². The summed E-state index contributed by atoms with van der Waals surface area (Å²) in [7, 11) is -3.62. The Morgan fingerprint density at radius 2 is 1.84 bits per heavy atom. The van der Waals surface area contributed by atoms with Crippen molar-refractivity contribution >= 4 is 43.4 Å². The van der Waals surface area contributed by atoms with Gasteiger partial charge >= 0.3 is 0 Å². The second kappa shape index (κ2) is 5.90. The summed E-state index contributed by atoms with van der Waals surface area (Å²) in [6.07, 6.45) is 1.38. The van der Waals surface area contributed by atoms with Gasteiger partial charge in [0.25, 0.3) is 10.0 Å². The van der Waals surface area contributed by atoms with Gasteiger partial charge in [0, 0.05) is 11.5 Å². The lowest BCUT2D eigenvalue weighted by atomic mass is 10.2. The first-order valence-electron chi connectivity index (χ1n) is 5.30. The largest absolute Gasteiger partial charge is 0.263 e. The summed E-state index contributed by atoms with van der Waals surface area (Å²) in [4.78, 5) is 4.08. The van der Waals surface area contributed by atoms with Crippen LogP contribution >= 0.6 is 27.5 Å². The molecule has 0 unspecified atom stereocenters. The van der Waals surface area contributed by atoms with Crippen molar-refractivity contribution < 1.29 is 8.42 Å². The zero-order valence-corrected chi connectivity index (χ0v) is 12.8. The molecule has 19 heavy (non-hydrogen) atoms. The van der Waals surface area contributed by atoms with Crippen molar-refractivity contribution in [3.63, 3.8) is 0 Å². The van der Waals surface area contributed by atoms with Crippen molar-refractivity contribution in [1.82, 2.24) is 4.98 Å². The van der Waals surface area contributed by atoms with Crippen molar-refractivity contribution in [2.45, 2.75) is 10.2 Å². The second-order valence-electron chi connectivity index (χ2n) is 3.74. The average Bonchev–Trinajstić information content (AvgIpc) is 2.41. The molecule has 100 valence electrons. The second-order valence-corrected chi connectivity index (χ2v) is 6.42. The Morgan fingerprint density at radius 3 is 2.37 bits per heavy atom. The van der Waals surface area contributed by atoms with E-state index in [-0.39, 0.29) is 10.7 Å². The molecule has 2 aromatic rings. The predicted octanol–water partition coefficient (Wildman–Crippen LogP) is 3.43. The van der Waals surface area contributed by atoms with Crippen molar-refractivity contribution in [3.8, 4) is 0 Å². The highest BCUT2D eigenvalue weighted by atomic mass is 79.9. The molecular formula is C12H10BrClN2O2S. The molecular weight excluding hydrogens is 352 g/mol. The molecule has 0 amide bonds. The Hall–Kier alpha value is -1.11. The Balaban J connectivity index is 2.24. The first kappa shape index (κ1) is 14.3. The number of rotatable bonds is 4. The van der Waals surface area contributed by atoms with Crippen molar-refractivity contribution in [3.05, 3.63) is 53.2 Å². The fraction of sp³-hybridized carbons (Fsp3) is 0.0833. The minimum Gasteiger partial charge on any atom is -0.263 e. The van der Waals surface area contributed by atoms with E-state index in [0.29, 0.717) is 10.4 Å². The number of hydrogen-bond donors (Lipinski definition) is 1. The number of halogens is 2. The van der Waals surface area contributed by atoms with E-state index in [4.69, 9.17) is 11.6 Å². The van der Waals surface area contributed by atoms with Gasteiger partial charge in [-0.1, -0.05) is 39.7 Å². The molecule has 0 saturated carbocycles. The molecule has 0 fully saturated rings.